The molecule has 0 spiro atoms. The SMILES string of the molecule is CC(C)(C)OC(=O)Nc1ccc(Oc2cc(Cl)ncn2)nc1. The molecule has 116 valence electrons. The number of carbonyl (C=O) groups is 1. The van der Waals surface area contributed by atoms with Gasteiger partial charge in [0.05, 0.1) is 11.9 Å². The molecule has 0 aliphatic rings. The standard InChI is InChI=1S/C14H15ClN4O3/c1-14(2,3)22-13(20)19-9-4-5-11(16-7-9)21-12-6-10(15)17-8-18-12/h4-8H,1-3H3,(H,19,20). The first-order chi connectivity index (χ1) is 10.3. The van der Waals surface area contributed by atoms with E-state index in [0.717, 1.165) is 0 Å². The first-order valence-electron chi connectivity index (χ1n) is 6.43. The van der Waals surface area contributed by atoms with Crippen molar-refractivity contribution in [3.8, 4) is 11.8 Å². The van der Waals surface area contributed by atoms with Gasteiger partial charge in [-0.3, -0.25) is 5.32 Å². The average Bonchev–Trinajstić information content (AvgIpc) is 2.39. The van der Waals surface area contributed by atoms with Crippen LogP contribution < -0.4 is 10.1 Å². The molecule has 0 fully saturated rings. The Bertz CT molecular complexity index is 656. The van der Waals surface area contributed by atoms with Gasteiger partial charge in [0, 0.05) is 12.1 Å². The van der Waals surface area contributed by atoms with Gasteiger partial charge in [-0.15, -0.1) is 0 Å². The molecule has 0 atom stereocenters. The van der Waals surface area contributed by atoms with Crippen LogP contribution in [0.1, 0.15) is 20.8 Å². The number of rotatable bonds is 3. The average molecular weight is 323 g/mol. The van der Waals surface area contributed by atoms with Gasteiger partial charge in [0.2, 0.25) is 11.8 Å². The van der Waals surface area contributed by atoms with Crippen LogP contribution in [0.2, 0.25) is 5.15 Å². The van der Waals surface area contributed by atoms with Crippen LogP contribution in [0.5, 0.6) is 11.8 Å². The van der Waals surface area contributed by atoms with Gasteiger partial charge in [-0.25, -0.2) is 19.7 Å². The maximum absolute atomic E-state index is 11.6. The summed E-state index contributed by atoms with van der Waals surface area (Å²) in [6.07, 6.45) is 2.18. The summed E-state index contributed by atoms with van der Waals surface area (Å²) in [5.41, 5.74) is -0.0744. The van der Waals surface area contributed by atoms with Crippen molar-refractivity contribution in [3.63, 3.8) is 0 Å². The summed E-state index contributed by atoms with van der Waals surface area (Å²) < 4.78 is 10.5. The van der Waals surface area contributed by atoms with Gasteiger partial charge in [0.25, 0.3) is 0 Å². The van der Waals surface area contributed by atoms with Crippen molar-refractivity contribution in [2.75, 3.05) is 5.32 Å². The Kier molecular flexibility index (Phi) is 4.77. The van der Waals surface area contributed by atoms with Crippen molar-refractivity contribution in [1.29, 1.82) is 0 Å². The molecule has 1 amide bonds. The normalized spacial score (nSPS) is 10.9. The third kappa shape index (κ3) is 5.17. The molecule has 2 rings (SSSR count). The Hall–Kier alpha value is -2.41. The predicted octanol–water partition coefficient (Wildman–Crippen LogP) is 3.66. The number of hydrogen-bond donors (Lipinski definition) is 1. The summed E-state index contributed by atoms with van der Waals surface area (Å²) in [6.45, 7) is 5.36. The monoisotopic (exact) mass is 322 g/mol. The number of anilines is 1. The first-order valence-corrected chi connectivity index (χ1v) is 6.81. The highest BCUT2D eigenvalue weighted by Gasteiger charge is 2.16. The van der Waals surface area contributed by atoms with E-state index in [1.54, 1.807) is 32.9 Å². The molecule has 1 N–H and O–H groups in total. The lowest BCUT2D eigenvalue weighted by Crippen LogP contribution is -2.27. The van der Waals surface area contributed by atoms with E-state index in [1.165, 1.54) is 18.6 Å². The fourth-order valence-corrected chi connectivity index (χ4v) is 1.55. The molecule has 22 heavy (non-hydrogen) atoms. The smallest absolute Gasteiger partial charge is 0.412 e. The molecular formula is C14H15ClN4O3. The highest BCUT2D eigenvalue weighted by Crippen LogP contribution is 2.20. The molecule has 0 saturated heterocycles. The maximum atomic E-state index is 11.6. The zero-order valence-corrected chi connectivity index (χ0v) is 13.1. The molecule has 8 heteroatoms. The number of hydrogen-bond acceptors (Lipinski definition) is 6. The fraction of sp³-hybridized carbons (Fsp3) is 0.286. The van der Waals surface area contributed by atoms with Crippen LogP contribution in [0.25, 0.3) is 0 Å². The molecule has 0 bridgehead atoms. The Morgan fingerprint density at radius 3 is 2.55 bits per heavy atom. The van der Waals surface area contributed by atoms with Crippen molar-refractivity contribution in [2.45, 2.75) is 26.4 Å². The topological polar surface area (TPSA) is 86.2 Å². The second-order valence-corrected chi connectivity index (χ2v) is 5.68. The van der Waals surface area contributed by atoms with Gasteiger partial charge in [0.1, 0.15) is 17.1 Å². The summed E-state index contributed by atoms with van der Waals surface area (Å²) in [5, 5.41) is 2.84. The lowest BCUT2D eigenvalue weighted by atomic mass is 10.2. The molecular weight excluding hydrogens is 308 g/mol. The van der Waals surface area contributed by atoms with Crippen LogP contribution in [-0.2, 0) is 4.74 Å². The summed E-state index contributed by atoms with van der Waals surface area (Å²) in [4.78, 5) is 23.3. The molecule has 7 nitrogen and oxygen atoms in total. The molecule has 2 aromatic heterocycles. The first kappa shape index (κ1) is 16.0. The van der Waals surface area contributed by atoms with E-state index in [9.17, 15) is 4.79 Å². The van der Waals surface area contributed by atoms with Crippen LogP contribution in [0.4, 0.5) is 10.5 Å². The van der Waals surface area contributed by atoms with Crippen molar-refractivity contribution >= 4 is 23.4 Å². The highest BCUT2D eigenvalue weighted by atomic mass is 35.5. The molecule has 0 saturated carbocycles. The van der Waals surface area contributed by atoms with E-state index in [4.69, 9.17) is 21.1 Å². The molecule has 0 unspecified atom stereocenters. The van der Waals surface area contributed by atoms with Crippen LogP contribution in [-0.4, -0.2) is 26.6 Å². The second-order valence-electron chi connectivity index (χ2n) is 5.29. The minimum absolute atomic E-state index is 0.271. The van der Waals surface area contributed by atoms with Crippen LogP contribution in [0.15, 0.2) is 30.7 Å². The van der Waals surface area contributed by atoms with Gasteiger partial charge >= 0.3 is 6.09 Å². The van der Waals surface area contributed by atoms with Crippen LogP contribution in [0, 0.1) is 0 Å². The van der Waals surface area contributed by atoms with Gasteiger partial charge in [0.15, 0.2) is 0 Å². The van der Waals surface area contributed by atoms with Crippen molar-refractivity contribution in [2.24, 2.45) is 0 Å². The third-order valence-corrected chi connectivity index (χ3v) is 2.41. The predicted molar refractivity (Wildman–Crippen MR) is 81.2 cm³/mol. The van der Waals surface area contributed by atoms with Crippen LogP contribution >= 0.6 is 11.6 Å². The number of pyridine rings is 1. The summed E-state index contributed by atoms with van der Waals surface area (Å²) in [6, 6.07) is 4.69. The largest absolute Gasteiger partial charge is 0.444 e. The zero-order valence-electron chi connectivity index (χ0n) is 12.3. The number of halogens is 1. The van der Waals surface area contributed by atoms with Gasteiger partial charge < -0.3 is 9.47 Å². The number of carbonyl (C=O) groups excluding carboxylic acids is 1. The van der Waals surface area contributed by atoms with E-state index >= 15 is 0 Å². The highest BCUT2D eigenvalue weighted by molar-refractivity contribution is 6.29. The van der Waals surface area contributed by atoms with Gasteiger partial charge in [-0.2, -0.15) is 0 Å². The summed E-state index contributed by atoms with van der Waals surface area (Å²) >= 11 is 5.73. The number of nitrogens with zero attached hydrogens (tertiary/aromatic N) is 3. The molecule has 0 aromatic carbocycles. The lowest BCUT2D eigenvalue weighted by molar-refractivity contribution is 0.0636. The molecule has 2 heterocycles. The third-order valence-electron chi connectivity index (χ3n) is 2.20. The van der Waals surface area contributed by atoms with E-state index in [-0.39, 0.29) is 11.0 Å². The van der Waals surface area contributed by atoms with Crippen molar-refractivity contribution in [1.82, 2.24) is 15.0 Å². The quantitative estimate of drug-likeness (QED) is 0.868. The summed E-state index contributed by atoms with van der Waals surface area (Å²) in [5.74, 6) is 0.588. The van der Waals surface area contributed by atoms with E-state index in [0.29, 0.717) is 11.6 Å². The second kappa shape index (κ2) is 6.57. The van der Waals surface area contributed by atoms with E-state index < -0.39 is 11.7 Å². The van der Waals surface area contributed by atoms with E-state index in [2.05, 4.69) is 20.3 Å². The molecule has 0 radical (unpaired) electrons. The molecule has 2 aromatic rings. The summed E-state index contributed by atoms with van der Waals surface area (Å²) in [7, 11) is 0. The number of ether oxygens (including phenoxy) is 2. The minimum Gasteiger partial charge on any atom is -0.444 e. The fourth-order valence-electron chi connectivity index (χ4n) is 1.42. The minimum atomic E-state index is -0.563. The van der Waals surface area contributed by atoms with Crippen LogP contribution in [0.3, 0.4) is 0 Å². The maximum Gasteiger partial charge on any atom is 0.412 e. The van der Waals surface area contributed by atoms with Crippen molar-refractivity contribution < 1.29 is 14.3 Å². The number of nitrogens with one attached hydrogen (secondary N) is 1. The Labute approximate surface area is 132 Å². The Balaban J connectivity index is 1.97. The Morgan fingerprint density at radius 1 is 1.18 bits per heavy atom. The van der Waals surface area contributed by atoms with Gasteiger partial charge in [-0.05, 0) is 26.8 Å². The van der Waals surface area contributed by atoms with Gasteiger partial charge in [-0.1, -0.05) is 11.6 Å². The molecule has 0 aliphatic carbocycles. The Morgan fingerprint density at radius 2 is 1.95 bits per heavy atom. The zero-order chi connectivity index (χ0) is 16.2. The number of aromatic nitrogens is 3. The lowest BCUT2D eigenvalue weighted by Gasteiger charge is -2.19. The molecule has 0 aliphatic heterocycles. The number of amides is 1. The van der Waals surface area contributed by atoms with E-state index in [1.807, 2.05) is 0 Å². The van der Waals surface area contributed by atoms with Crippen molar-refractivity contribution in [3.05, 3.63) is 35.9 Å².